The average molecular weight is 459 g/mol. The summed E-state index contributed by atoms with van der Waals surface area (Å²) in [6.07, 6.45) is 5.42. The lowest BCUT2D eigenvalue weighted by Gasteiger charge is -2.32. The van der Waals surface area contributed by atoms with E-state index >= 15 is 0 Å². The maximum absolute atomic E-state index is 13.2. The maximum Gasteiger partial charge on any atom is 0.316 e. The van der Waals surface area contributed by atoms with Crippen LogP contribution in [0.15, 0.2) is 71.6 Å². The Morgan fingerprint density at radius 1 is 1.06 bits per heavy atom. The maximum atomic E-state index is 13.2. The first-order valence-corrected chi connectivity index (χ1v) is 11.8. The van der Waals surface area contributed by atoms with E-state index in [-0.39, 0.29) is 24.0 Å². The largest absolute Gasteiger partial charge is 0.468 e. The van der Waals surface area contributed by atoms with Crippen LogP contribution in [-0.4, -0.2) is 43.8 Å². The van der Waals surface area contributed by atoms with Gasteiger partial charge in [0.1, 0.15) is 0 Å². The third-order valence-corrected chi connectivity index (χ3v) is 7.70. The normalized spacial score (nSPS) is 21.4. The zero-order valence-electron chi connectivity index (χ0n) is 17.8. The zero-order valence-corrected chi connectivity index (χ0v) is 18.7. The number of ether oxygens (including phenoxy) is 1. The van der Waals surface area contributed by atoms with Crippen molar-refractivity contribution in [2.24, 2.45) is 0 Å². The van der Waals surface area contributed by atoms with E-state index in [1.807, 2.05) is 30.3 Å². The molecule has 0 radical (unpaired) electrons. The lowest BCUT2D eigenvalue weighted by Crippen LogP contribution is -2.38. The fourth-order valence-corrected chi connectivity index (χ4v) is 5.67. The van der Waals surface area contributed by atoms with Crippen LogP contribution in [-0.2, 0) is 25.0 Å². The second kappa shape index (κ2) is 10.1. The van der Waals surface area contributed by atoms with E-state index in [0.29, 0.717) is 25.7 Å². The van der Waals surface area contributed by atoms with Gasteiger partial charge >= 0.3 is 5.97 Å². The monoisotopic (exact) mass is 458 g/mol. The van der Waals surface area contributed by atoms with Gasteiger partial charge in [-0.1, -0.05) is 61.0 Å². The number of nitrogens with zero attached hydrogens (tertiary/aromatic N) is 2. The summed E-state index contributed by atoms with van der Waals surface area (Å²) < 4.78 is 32.8. The molecule has 1 heterocycles. The molecule has 1 atom stereocenters. The minimum Gasteiger partial charge on any atom is -0.468 e. The number of allylic oxidation sites excluding steroid dienone is 1. The Kier molecular flexibility index (Phi) is 7.42. The second-order valence-electron chi connectivity index (χ2n) is 7.66. The quantitative estimate of drug-likeness (QED) is 0.292. The predicted molar refractivity (Wildman–Crippen MR) is 120 cm³/mol. The molecule has 0 amide bonds. The van der Waals surface area contributed by atoms with Gasteiger partial charge in [0.25, 0.3) is 5.69 Å². The topological polar surface area (TPSA) is 107 Å². The number of rotatable bonds is 5. The van der Waals surface area contributed by atoms with Crippen molar-refractivity contribution >= 4 is 21.7 Å². The van der Waals surface area contributed by atoms with E-state index in [9.17, 15) is 23.3 Å². The van der Waals surface area contributed by atoms with Gasteiger partial charge in [0.15, 0.2) is 4.90 Å². The first-order chi connectivity index (χ1) is 15.3. The average Bonchev–Trinajstić information content (AvgIpc) is 2.82. The van der Waals surface area contributed by atoms with E-state index in [1.165, 1.54) is 35.7 Å². The minimum absolute atomic E-state index is 0.0560. The molecular weight excluding hydrogens is 432 g/mol. The molecule has 8 nitrogen and oxygen atoms in total. The Hall–Kier alpha value is -3.04. The Bertz CT molecular complexity index is 1100. The number of carbonyl (C=O) groups is 1. The van der Waals surface area contributed by atoms with Crippen LogP contribution in [0.2, 0.25) is 0 Å². The molecular formula is C23H26N2O6S. The summed E-state index contributed by atoms with van der Waals surface area (Å²) in [5.41, 5.74) is -0.421. The number of benzene rings is 2. The van der Waals surface area contributed by atoms with Crippen molar-refractivity contribution in [1.82, 2.24) is 4.31 Å². The lowest BCUT2D eigenvalue weighted by molar-refractivity contribution is -0.387. The van der Waals surface area contributed by atoms with E-state index in [2.05, 4.69) is 0 Å². The number of nitro groups is 1. The van der Waals surface area contributed by atoms with Gasteiger partial charge in [-0.05, 0) is 30.9 Å². The highest BCUT2D eigenvalue weighted by Gasteiger charge is 2.40. The fraction of sp³-hybridized carbons (Fsp3) is 0.348. The van der Waals surface area contributed by atoms with Crippen molar-refractivity contribution in [2.45, 2.75) is 36.0 Å². The van der Waals surface area contributed by atoms with Crippen LogP contribution < -0.4 is 0 Å². The van der Waals surface area contributed by atoms with E-state index in [1.54, 1.807) is 12.2 Å². The molecule has 2 aromatic carbocycles. The van der Waals surface area contributed by atoms with Gasteiger partial charge in [-0.2, -0.15) is 4.31 Å². The molecule has 0 spiro atoms. The first kappa shape index (κ1) is 23.6. The summed E-state index contributed by atoms with van der Waals surface area (Å²) in [7, 11) is -2.69. The molecule has 1 aliphatic heterocycles. The fourth-order valence-electron chi connectivity index (χ4n) is 4.09. The SMILES string of the molecule is COC(=O)C1(c2ccccc2)C/C=C\CN(S(=O)(=O)c2ccccc2[N+](=O)[O-])CCCC1. The molecule has 3 rings (SSSR count). The highest BCUT2D eigenvalue weighted by molar-refractivity contribution is 7.89. The number of hydrogen-bond donors (Lipinski definition) is 0. The summed E-state index contributed by atoms with van der Waals surface area (Å²) in [5, 5.41) is 11.3. The van der Waals surface area contributed by atoms with Gasteiger partial charge < -0.3 is 4.74 Å². The van der Waals surface area contributed by atoms with Crippen molar-refractivity contribution in [1.29, 1.82) is 0 Å². The first-order valence-electron chi connectivity index (χ1n) is 10.4. The highest BCUT2D eigenvalue weighted by Crippen LogP contribution is 2.36. The molecule has 170 valence electrons. The number of carbonyl (C=O) groups excluding carboxylic acids is 1. The smallest absolute Gasteiger partial charge is 0.316 e. The van der Waals surface area contributed by atoms with Gasteiger partial charge in [-0.3, -0.25) is 14.9 Å². The number of sulfonamides is 1. The molecule has 1 unspecified atom stereocenters. The van der Waals surface area contributed by atoms with Crippen LogP contribution >= 0.6 is 0 Å². The Morgan fingerprint density at radius 3 is 2.44 bits per heavy atom. The van der Waals surface area contributed by atoms with Crippen molar-refractivity contribution < 1.29 is 22.9 Å². The van der Waals surface area contributed by atoms with Crippen molar-refractivity contribution in [2.75, 3.05) is 20.2 Å². The number of esters is 1. The highest BCUT2D eigenvalue weighted by atomic mass is 32.2. The summed E-state index contributed by atoms with van der Waals surface area (Å²) in [6, 6.07) is 14.8. The third kappa shape index (κ3) is 4.73. The van der Waals surface area contributed by atoms with Gasteiger partial charge in [0.05, 0.1) is 17.4 Å². The Balaban J connectivity index is 1.91. The van der Waals surface area contributed by atoms with Gasteiger partial charge in [-0.15, -0.1) is 0 Å². The van der Waals surface area contributed by atoms with Gasteiger partial charge in [-0.25, -0.2) is 8.42 Å². The molecule has 0 saturated heterocycles. The lowest BCUT2D eigenvalue weighted by atomic mass is 9.73. The number of methoxy groups -OCH3 is 1. The van der Waals surface area contributed by atoms with E-state index < -0.39 is 26.0 Å². The zero-order chi connectivity index (χ0) is 23.2. The van der Waals surface area contributed by atoms with Crippen molar-refractivity contribution in [3.63, 3.8) is 0 Å². The molecule has 2 aromatic rings. The molecule has 0 saturated carbocycles. The van der Waals surface area contributed by atoms with Crippen LogP contribution in [0.5, 0.6) is 0 Å². The van der Waals surface area contributed by atoms with E-state index in [0.717, 1.165) is 5.56 Å². The number of hydrogen-bond acceptors (Lipinski definition) is 6. The van der Waals surface area contributed by atoms with Gasteiger partial charge in [0.2, 0.25) is 10.0 Å². The van der Waals surface area contributed by atoms with Crippen LogP contribution in [0.3, 0.4) is 0 Å². The van der Waals surface area contributed by atoms with Crippen LogP contribution in [0.4, 0.5) is 5.69 Å². The molecule has 0 bridgehead atoms. The molecule has 0 N–H and O–H groups in total. The van der Waals surface area contributed by atoms with Gasteiger partial charge in [0, 0.05) is 19.2 Å². The molecule has 0 aromatic heterocycles. The summed E-state index contributed by atoms with van der Waals surface area (Å²) in [5.74, 6) is -0.321. The number of nitro benzene ring substituents is 1. The standard InChI is InChI=1S/C23H26N2O6S/c1-31-22(26)23(19-11-3-2-4-12-19)15-7-9-17-24(18-10-8-16-23)32(29,30)21-14-6-5-13-20(21)25(27)28/h2-7,9,11-14H,8,10,15-18H2,1H3/b9-7-. The second-order valence-corrected chi connectivity index (χ2v) is 9.57. The van der Waals surface area contributed by atoms with Crippen molar-refractivity contribution in [3.05, 3.63) is 82.4 Å². The Labute approximate surface area is 187 Å². The summed E-state index contributed by atoms with van der Waals surface area (Å²) >= 11 is 0. The summed E-state index contributed by atoms with van der Waals surface area (Å²) in [4.78, 5) is 23.2. The number of para-hydroxylation sites is 1. The van der Waals surface area contributed by atoms with Crippen LogP contribution in [0.25, 0.3) is 0 Å². The van der Waals surface area contributed by atoms with Crippen LogP contribution in [0.1, 0.15) is 31.2 Å². The minimum atomic E-state index is -4.06. The molecule has 32 heavy (non-hydrogen) atoms. The van der Waals surface area contributed by atoms with Crippen LogP contribution in [0, 0.1) is 10.1 Å². The Morgan fingerprint density at radius 2 is 1.75 bits per heavy atom. The van der Waals surface area contributed by atoms with Crippen molar-refractivity contribution in [3.8, 4) is 0 Å². The predicted octanol–water partition coefficient (Wildman–Crippen LogP) is 3.83. The molecule has 0 fully saturated rings. The molecule has 1 aliphatic rings. The summed E-state index contributed by atoms with van der Waals surface area (Å²) in [6.45, 7) is 0.241. The molecule has 9 heteroatoms. The third-order valence-electron chi connectivity index (χ3n) is 5.79. The molecule has 0 aliphatic carbocycles. The van der Waals surface area contributed by atoms with E-state index in [4.69, 9.17) is 4.74 Å².